The molecule has 2 heterocycles. The van der Waals surface area contributed by atoms with Crippen LogP contribution in [-0.4, -0.2) is 87.2 Å². The summed E-state index contributed by atoms with van der Waals surface area (Å²) in [5.41, 5.74) is 0.419. The molecule has 4 heteroatoms. The first-order valence-electron chi connectivity index (χ1n) is 7.81. The summed E-state index contributed by atoms with van der Waals surface area (Å²) in [5, 5.41) is 3.47. The second kappa shape index (κ2) is 6.53. The van der Waals surface area contributed by atoms with Crippen LogP contribution in [0.2, 0.25) is 0 Å². The standard InChI is InChI=1S/C15H32N4/c1-15(2)13-18(12-11-17(3)4)8-5-14(15)19-9-6-16-7-10-19/h14,16H,5-13H2,1-4H3. The van der Waals surface area contributed by atoms with Crippen LogP contribution in [-0.2, 0) is 0 Å². The average molecular weight is 268 g/mol. The fraction of sp³-hybridized carbons (Fsp3) is 1.00. The Morgan fingerprint density at radius 2 is 1.84 bits per heavy atom. The van der Waals surface area contributed by atoms with Gasteiger partial charge in [0.2, 0.25) is 0 Å². The number of nitrogens with one attached hydrogen (secondary N) is 1. The summed E-state index contributed by atoms with van der Waals surface area (Å²) < 4.78 is 0. The van der Waals surface area contributed by atoms with Crippen LogP contribution in [0.4, 0.5) is 0 Å². The van der Waals surface area contributed by atoms with Crippen molar-refractivity contribution in [2.24, 2.45) is 5.41 Å². The molecule has 0 spiro atoms. The Kier molecular flexibility index (Phi) is 5.23. The number of nitrogens with zero attached hydrogens (tertiary/aromatic N) is 3. The summed E-state index contributed by atoms with van der Waals surface area (Å²) in [4.78, 5) is 7.66. The number of hydrogen-bond donors (Lipinski definition) is 1. The van der Waals surface area contributed by atoms with Crippen molar-refractivity contribution in [1.82, 2.24) is 20.0 Å². The highest BCUT2D eigenvalue weighted by atomic mass is 15.3. The molecule has 2 rings (SSSR count). The lowest BCUT2D eigenvalue weighted by Gasteiger charge is -2.50. The maximum Gasteiger partial charge on any atom is 0.0172 e. The summed E-state index contributed by atoms with van der Waals surface area (Å²) in [6, 6.07) is 0.769. The van der Waals surface area contributed by atoms with Crippen molar-refractivity contribution in [3.63, 3.8) is 0 Å². The second-order valence-electron chi connectivity index (χ2n) is 7.16. The van der Waals surface area contributed by atoms with Gasteiger partial charge < -0.3 is 15.1 Å². The predicted molar refractivity (Wildman–Crippen MR) is 81.6 cm³/mol. The first kappa shape index (κ1) is 15.2. The van der Waals surface area contributed by atoms with Gasteiger partial charge in [0, 0.05) is 51.9 Å². The molecule has 0 radical (unpaired) electrons. The Hall–Kier alpha value is -0.160. The van der Waals surface area contributed by atoms with Crippen molar-refractivity contribution < 1.29 is 0 Å². The number of likely N-dealkylation sites (N-methyl/N-ethyl adjacent to an activating group) is 1. The van der Waals surface area contributed by atoms with Gasteiger partial charge in [-0.05, 0) is 32.5 Å². The van der Waals surface area contributed by atoms with E-state index in [1.54, 1.807) is 0 Å². The number of rotatable bonds is 4. The highest BCUT2D eigenvalue weighted by Gasteiger charge is 2.39. The number of piperidine rings is 1. The molecule has 0 saturated carbocycles. The quantitative estimate of drug-likeness (QED) is 0.804. The molecule has 1 unspecified atom stereocenters. The zero-order valence-electron chi connectivity index (χ0n) is 13.3. The molecule has 0 bridgehead atoms. The van der Waals surface area contributed by atoms with Crippen LogP contribution in [0, 0.1) is 5.41 Å². The van der Waals surface area contributed by atoms with Gasteiger partial charge >= 0.3 is 0 Å². The van der Waals surface area contributed by atoms with E-state index in [1.165, 1.54) is 45.7 Å². The molecule has 112 valence electrons. The van der Waals surface area contributed by atoms with E-state index in [0.717, 1.165) is 19.1 Å². The van der Waals surface area contributed by atoms with Gasteiger partial charge in [-0.3, -0.25) is 4.90 Å². The molecule has 0 aliphatic carbocycles. The van der Waals surface area contributed by atoms with Crippen molar-refractivity contribution in [2.75, 3.05) is 66.5 Å². The van der Waals surface area contributed by atoms with Gasteiger partial charge in [0.25, 0.3) is 0 Å². The van der Waals surface area contributed by atoms with Crippen molar-refractivity contribution in [2.45, 2.75) is 26.3 Å². The maximum atomic E-state index is 3.47. The van der Waals surface area contributed by atoms with Gasteiger partial charge in [0.1, 0.15) is 0 Å². The number of likely N-dealkylation sites (tertiary alicyclic amines) is 1. The van der Waals surface area contributed by atoms with Gasteiger partial charge in [-0.1, -0.05) is 13.8 Å². The fourth-order valence-electron chi connectivity index (χ4n) is 3.66. The molecular formula is C15H32N4. The number of piperazine rings is 1. The molecule has 0 aromatic heterocycles. The Morgan fingerprint density at radius 3 is 2.42 bits per heavy atom. The Morgan fingerprint density at radius 1 is 1.16 bits per heavy atom. The molecule has 2 aliphatic heterocycles. The summed E-state index contributed by atoms with van der Waals surface area (Å²) >= 11 is 0. The fourth-order valence-corrected chi connectivity index (χ4v) is 3.66. The second-order valence-corrected chi connectivity index (χ2v) is 7.16. The highest BCUT2D eigenvalue weighted by Crippen LogP contribution is 2.33. The van der Waals surface area contributed by atoms with Crippen molar-refractivity contribution in [3.8, 4) is 0 Å². The lowest BCUT2D eigenvalue weighted by molar-refractivity contribution is -0.000771. The Balaban J connectivity index is 1.87. The topological polar surface area (TPSA) is 21.8 Å². The first-order valence-corrected chi connectivity index (χ1v) is 7.81. The van der Waals surface area contributed by atoms with Crippen LogP contribution in [0.1, 0.15) is 20.3 Å². The normalized spacial score (nSPS) is 29.8. The molecule has 2 aliphatic rings. The lowest BCUT2D eigenvalue weighted by atomic mass is 9.78. The largest absolute Gasteiger partial charge is 0.314 e. The lowest BCUT2D eigenvalue weighted by Crippen LogP contribution is -2.59. The average Bonchev–Trinajstić information content (AvgIpc) is 2.36. The zero-order chi connectivity index (χ0) is 13.9. The predicted octanol–water partition coefficient (Wildman–Crippen LogP) is 0.554. The van der Waals surface area contributed by atoms with Crippen LogP contribution < -0.4 is 5.32 Å². The monoisotopic (exact) mass is 268 g/mol. The van der Waals surface area contributed by atoms with Gasteiger partial charge in [0.05, 0.1) is 0 Å². The minimum absolute atomic E-state index is 0.419. The Labute approximate surface area is 119 Å². The first-order chi connectivity index (χ1) is 8.99. The van der Waals surface area contributed by atoms with Crippen LogP contribution in [0.5, 0.6) is 0 Å². The molecule has 19 heavy (non-hydrogen) atoms. The summed E-state index contributed by atoms with van der Waals surface area (Å²) in [7, 11) is 4.33. The molecule has 1 atom stereocenters. The summed E-state index contributed by atoms with van der Waals surface area (Å²) in [5.74, 6) is 0. The van der Waals surface area contributed by atoms with Crippen LogP contribution >= 0.6 is 0 Å². The van der Waals surface area contributed by atoms with E-state index in [-0.39, 0.29) is 0 Å². The van der Waals surface area contributed by atoms with E-state index >= 15 is 0 Å². The molecule has 2 saturated heterocycles. The molecular weight excluding hydrogens is 236 g/mol. The molecule has 0 amide bonds. The molecule has 1 N–H and O–H groups in total. The third-order valence-corrected chi connectivity index (χ3v) is 4.71. The Bertz CT molecular complexity index is 271. The van der Waals surface area contributed by atoms with Crippen LogP contribution in [0.15, 0.2) is 0 Å². The van der Waals surface area contributed by atoms with Crippen LogP contribution in [0.25, 0.3) is 0 Å². The van der Waals surface area contributed by atoms with Gasteiger partial charge in [-0.2, -0.15) is 0 Å². The van der Waals surface area contributed by atoms with E-state index in [0.29, 0.717) is 5.41 Å². The highest BCUT2D eigenvalue weighted by molar-refractivity contribution is 4.94. The minimum Gasteiger partial charge on any atom is -0.314 e. The van der Waals surface area contributed by atoms with E-state index in [9.17, 15) is 0 Å². The SMILES string of the molecule is CN(C)CCN1CCC(N2CCNCC2)C(C)(C)C1. The van der Waals surface area contributed by atoms with E-state index in [4.69, 9.17) is 0 Å². The molecule has 2 fully saturated rings. The number of hydrogen-bond acceptors (Lipinski definition) is 4. The van der Waals surface area contributed by atoms with Gasteiger partial charge in [0.15, 0.2) is 0 Å². The van der Waals surface area contributed by atoms with Crippen LogP contribution in [0.3, 0.4) is 0 Å². The summed E-state index contributed by atoms with van der Waals surface area (Å²) in [6.45, 7) is 14.6. The third kappa shape index (κ3) is 4.15. The third-order valence-electron chi connectivity index (χ3n) is 4.71. The maximum absolute atomic E-state index is 3.47. The van der Waals surface area contributed by atoms with E-state index in [2.05, 4.69) is 48.0 Å². The smallest absolute Gasteiger partial charge is 0.0172 e. The van der Waals surface area contributed by atoms with Gasteiger partial charge in [-0.15, -0.1) is 0 Å². The van der Waals surface area contributed by atoms with Gasteiger partial charge in [-0.25, -0.2) is 0 Å². The molecule has 0 aromatic carbocycles. The summed E-state index contributed by atoms with van der Waals surface area (Å²) in [6.07, 6.45) is 1.33. The van der Waals surface area contributed by atoms with Crippen molar-refractivity contribution in [1.29, 1.82) is 0 Å². The van der Waals surface area contributed by atoms with E-state index in [1.807, 2.05) is 0 Å². The minimum atomic E-state index is 0.419. The van der Waals surface area contributed by atoms with E-state index < -0.39 is 0 Å². The van der Waals surface area contributed by atoms with Crippen molar-refractivity contribution >= 4 is 0 Å². The van der Waals surface area contributed by atoms with Crippen molar-refractivity contribution in [3.05, 3.63) is 0 Å². The zero-order valence-corrected chi connectivity index (χ0v) is 13.3. The molecule has 0 aromatic rings. The molecule has 4 nitrogen and oxygen atoms in total.